The summed E-state index contributed by atoms with van der Waals surface area (Å²) >= 11 is 6.40. The smallest absolute Gasteiger partial charge is 0.227 e. The van der Waals surface area contributed by atoms with Gasteiger partial charge in [0, 0.05) is 25.4 Å². The van der Waals surface area contributed by atoms with E-state index in [-0.39, 0.29) is 11.8 Å². The van der Waals surface area contributed by atoms with Gasteiger partial charge >= 0.3 is 0 Å². The first-order chi connectivity index (χ1) is 15.4. The van der Waals surface area contributed by atoms with Crippen molar-refractivity contribution in [1.82, 2.24) is 9.55 Å². The van der Waals surface area contributed by atoms with E-state index in [2.05, 4.69) is 49.6 Å². The van der Waals surface area contributed by atoms with E-state index in [1.54, 1.807) is 4.90 Å². The van der Waals surface area contributed by atoms with Crippen LogP contribution in [0, 0.1) is 20.8 Å². The molecule has 4 nitrogen and oxygen atoms in total. The molecule has 1 atom stereocenters. The third-order valence-corrected chi connectivity index (χ3v) is 6.79. The van der Waals surface area contributed by atoms with Crippen molar-refractivity contribution in [3.63, 3.8) is 0 Å². The summed E-state index contributed by atoms with van der Waals surface area (Å²) in [5.74, 6) is 1.06. The van der Waals surface area contributed by atoms with Crippen LogP contribution in [-0.2, 0) is 11.3 Å². The highest BCUT2D eigenvalue weighted by Crippen LogP contribution is 2.36. The van der Waals surface area contributed by atoms with Gasteiger partial charge in [0.05, 0.1) is 21.7 Å². The molecule has 5 rings (SSSR count). The van der Waals surface area contributed by atoms with Crippen LogP contribution < -0.4 is 4.90 Å². The number of hydrogen-bond acceptors (Lipinski definition) is 2. The lowest BCUT2D eigenvalue weighted by Crippen LogP contribution is -2.24. The van der Waals surface area contributed by atoms with Crippen LogP contribution in [0.1, 0.15) is 40.4 Å². The van der Waals surface area contributed by atoms with Gasteiger partial charge in [0.25, 0.3) is 0 Å². The molecular formula is C27H26ClN3O. The van der Waals surface area contributed by atoms with Crippen molar-refractivity contribution in [2.75, 3.05) is 11.4 Å². The maximum absolute atomic E-state index is 13.0. The molecular weight excluding hydrogens is 418 g/mol. The van der Waals surface area contributed by atoms with Gasteiger partial charge in [-0.1, -0.05) is 53.6 Å². The Morgan fingerprint density at radius 1 is 1.00 bits per heavy atom. The number of para-hydroxylation sites is 3. The second-order valence-corrected chi connectivity index (χ2v) is 9.19. The molecule has 0 bridgehead atoms. The number of aromatic nitrogens is 2. The highest BCUT2D eigenvalue weighted by atomic mass is 35.5. The third kappa shape index (κ3) is 3.59. The standard InChI is InChI=1S/C27H26ClN3O/c1-17-12-18(2)21(19(3)13-17)16-31-25-11-7-5-9-23(25)29-27(31)20-14-26(32)30(15-20)24-10-6-4-8-22(24)28/h4-13,20H,14-16H2,1-3H3. The summed E-state index contributed by atoms with van der Waals surface area (Å²) in [5.41, 5.74) is 8.00. The number of nitrogens with zero attached hydrogens (tertiary/aromatic N) is 3. The van der Waals surface area contributed by atoms with Crippen molar-refractivity contribution in [3.05, 3.63) is 93.8 Å². The predicted molar refractivity (Wildman–Crippen MR) is 131 cm³/mol. The molecule has 0 saturated carbocycles. The number of carbonyl (C=O) groups excluding carboxylic acids is 1. The first-order valence-electron chi connectivity index (χ1n) is 11.0. The van der Waals surface area contributed by atoms with Crippen LogP contribution >= 0.6 is 11.6 Å². The van der Waals surface area contributed by atoms with Crippen LogP contribution in [-0.4, -0.2) is 22.0 Å². The Hall–Kier alpha value is -3.11. The lowest BCUT2D eigenvalue weighted by Gasteiger charge is -2.19. The molecule has 5 heteroatoms. The molecule has 1 aliphatic rings. The molecule has 1 saturated heterocycles. The number of aryl methyl sites for hydroxylation is 3. The van der Waals surface area contributed by atoms with Crippen molar-refractivity contribution < 1.29 is 4.79 Å². The summed E-state index contributed by atoms with van der Waals surface area (Å²) in [6.07, 6.45) is 0.431. The van der Waals surface area contributed by atoms with Crippen molar-refractivity contribution >= 4 is 34.2 Å². The molecule has 3 aromatic carbocycles. The van der Waals surface area contributed by atoms with Gasteiger partial charge in [-0.3, -0.25) is 4.79 Å². The first-order valence-corrected chi connectivity index (χ1v) is 11.4. The van der Waals surface area contributed by atoms with E-state index >= 15 is 0 Å². The van der Waals surface area contributed by atoms with E-state index in [0.29, 0.717) is 18.0 Å². The zero-order valence-corrected chi connectivity index (χ0v) is 19.4. The number of halogens is 1. The summed E-state index contributed by atoms with van der Waals surface area (Å²) < 4.78 is 2.30. The lowest BCUT2D eigenvalue weighted by atomic mass is 9.99. The zero-order valence-electron chi connectivity index (χ0n) is 18.6. The van der Waals surface area contributed by atoms with Gasteiger partial charge in [0.2, 0.25) is 5.91 Å². The SMILES string of the molecule is Cc1cc(C)c(Cn2c(C3CC(=O)N(c4ccccc4Cl)C3)nc3ccccc32)c(C)c1. The van der Waals surface area contributed by atoms with Gasteiger partial charge in [-0.15, -0.1) is 0 Å². The van der Waals surface area contributed by atoms with Crippen molar-refractivity contribution in [2.24, 2.45) is 0 Å². The van der Waals surface area contributed by atoms with E-state index in [0.717, 1.165) is 29.1 Å². The fraction of sp³-hybridized carbons (Fsp3) is 0.259. The fourth-order valence-electron chi connectivity index (χ4n) is 4.97. The van der Waals surface area contributed by atoms with Crippen molar-refractivity contribution in [3.8, 4) is 0 Å². The van der Waals surface area contributed by atoms with Crippen LogP contribution in [0.3, 0.4) is 0 Å². The van der Waals surface area contributed by atoms with Crippen LogP contribution in [0.5, 0.6) is 0 Å². The van der Waals surface area contributed by atoms with Gasteiger partial charge in [0.15, 0.2) is 0 Å². The predicted octanol–water partition coefficient (Wildman–Crippen LogP) is 6.18. The Labute approximate surface area is 193 Å². The minimum absolute atomic E-state index is 0.0113. The Morgan fingerprint density at radius 2 is 1.69 bits per heavy atom. The summed E-state index contributed by atoms with van der Waals surface area (Å²) in [7, 11) is 0. The summed E-state index contributed by atoms with van der Waals surface area (Å²) in [4.78, 5) is 19.8. The molecule has 1 amide bonds. The Morgan fingerprint density at radius 3 is 2.44 bits per heavy atom. The lowest BCUT2D eigenvalue weighted by molar-refractivity contribution is -0.117. The number of rotatable bonds is 4. The number of benzene rings is 3. The van der Waals surface area contributed by atoms with Crippen molar-refractivity contribution in [1.29, 1.82) is 0 Å². The van der Waals surface area contributed by atoms with Gasteiger partial charge in [0.1, 0.15) is 5.82 Å². The topological polar surface area (TPSA) is 38.1 Å². The fourth-order valence-corrected chi connectivity index (χ4v) is 5.21. The molecule has 1 unspecified atom stereocenters. The minimum Gasteiger partial charge on any atom is -0.323 e. The Kier molecular flexibility index (Phi) is 5.26. The number of imidazole rings is 1. The minimum atomic E-state index is 0.0113. The summed E-state index contributed by atoms with van der Waals surface area (Å²) in [5, 5.41) is 0.598. The largest absolute Gasteiger partial charge is 0.323 e. The normalized spacial score (nSPS) is 16.3. The third-order valence-electron chi connectivity index (χ3n) is 6.47. The van der Waals surface area contributed by atoms with Gasteiger partial charge in [-0.25, -0.2) is 4.98 Å². The second kappa shape index (κ2) is 8.10. The molecule has 2 heterocycles. The van der Waals surface area contributed by atoms with E-state index in [1.807, 2.05) is 36.4 Å². The molecule has 0 radical (unpaired) electrons. The molecule has 0 N–H and O–H groups in total. The number of hydrogen-bond donors (Lipinski definition) is 0. The summed E-state index contributed by atoms with van der Waals surface area (Å²) in [6, 6.07) is 20.2. The average Bonchev–Trinajstić information content (AvgIpc) is 3.31. The van der Waals surface area contributed by atoms with Gasteiger partial charge < -0.3 is 9.47 Å². The van der Waals surface area contributed by atoms with Crippen molar-refractivity contribution in [2.45, 2.75) is 39.7 Å². The van der Waals surface area contributed by atoms with Crippen LogP contribution in [0.2, 0.25) is 5.02 Å². The molecule has 0 aliphatic carbocycles. The van der Waals surface area contributed by atoms with Crippen LogP contribution in [0.4, 0.5) is 5.69 Å². The van der Waals surface area contributed by atoms with Gasteiger partial charge in [-0.05, 0) is 61.7 Å². The molecule has 32 heavy (non-hydrogen) atoms. The number of fused-ring (bicyclic) bond motifs is 1. The van der Waals surface area contributed by atoms with E-state index in [4.69, 9.17) is 16.6 Å². The molecule has 1 aliphatic heterocycles. The molecule has 4 aromatic rings. The maximum Gasteiger partial charge on any atom is 0.227 e. The van der Waals surface area contributed by atoms with Crippen LogP contribution in [0.15, 0.2) is 60.7 Å². The monoisotopic (exact) mass is 443 g/mol. The maximum atomic E-state index is 13.0. The van der Waals surface area contributed by atoms with E-state index < -0.39 is 0 Å². The highest BCUT2D eigenvalue weighted by Gasteiger charge is 2.35. The second-order valence-electron chi connectivity index (χ2n) is 8.78. The Bertz CT molecular complexity index is 1320. The summed E-state index contributed by atoms with van der Waals surface area (Å²) in [6.45, 7) is 7.80. The number of amides is 1. The zero-order chi connectivity index (χ0) is 22.4. The Balaban J connectivity index is 1.57. The van der Waals surface area contributed by atoms with Crippen LogP contribution in [0.25, 0.3) is 11.0 Å². The van der Waals surface area contributed by atoms with Gasteiger partial charge in [-0.2, -0.15) is 0 Å². The molecule has 1 aromatic heterocycles. The quantitative estimate of drug-likeness (QED) is 0.377. The number of anilines is 1. The van der Waals surface area contributed by atoms with E-state index in [1.165, 1.54) is 22.3 Å². The number of carbonyl (C=O) groups is 1. The molecule has 0 spiro atoms. The molecule has 1 fully saturated rings. The highest BCUT2D eigenvalue weighted by molar-refractivity contribution is 6.33. The average molecular weight is 444 g/mol. The first kappa shape index (κ1) is 20.8. The van der Waals surface area contributed by atoms with E-state index in [9.17, 15) is 4.79 Å². The molecule has 162 valence electrons.